The van der Waals surface area contributed by atoms with Crippen molar-refractivity contribution in [2.24, 2.45) is 0 Å². The molecule has 4 rings (SSSR count). The van der Waals surface area contributed by atoms with Gasteiger partial charge in [-0.15, -0.1) is 0 Å². The largest absolute Gasteiger partial charge is 0.383 e. The number of amides is 2. The first kappa shape index (κ1) is 20.3. The zero-order valence-corrected chi connectivity index (χ0v) is 17.5. The molecule has 4 fully saturated rings. The molecule has 10 nitrogen and oxygen atoms in total. The number of hydrogen-bond donors (Lipinski definition) is 3. The van der Waals surface area contributed by atoms with Crippen LogP contribution in [-0.2, 0) is 19.5 Å². The van der Waals surface area contributed by atoms with Crippen molar-refractivity contribution in [2.45, 2.75) is 81.4 Å². The molecule has 5 unspecified atom stereocenters. The fourth-order valence-electron chi connectivity index (χ4n) is 4.50. The van der Waals surface area contributed by atoms with Crippen LogP contribution in [0.2, 0.25) is 0 Å². The quantitative estimate of drug-likeness (QED) is 0.530. The molecule has 2 aliphatic carbocycles. The molecular formula is C17H31N5O5S. The number of carbonyl (C=O) groups is 1. The summed E-state index contributed by atoms with van der Waals surface area (Å²) in [5, 5.41) is -0.504. The number of fused-ring (bicyclic) bond motifs is 1. The Kier molecular flexibility index (Phi) is 5.34. The van der Waals surface area contributed by atoms with E-state index in [0.717, 1.165) is 12.8 Å². The van der Waals surface area contributed by atoms with Gasteiger partial charge in [-0.2, -0.15) is 0 Å². The molecule has 3 N–H and O–H groups in total. The monoisotopic (exact) mass is 417 g/mol. The number of methoxy groups -OCH3 is 1. The van der Waals surface area contributed by atoms with E-state index in [1.165, 1.54) is 0 Å². The van der Waals surface area contributed by atoms with E-state index in [-0.39, 0.29) is 29.9 Å². The van der Waals surface area contributed by atoms with Crippen LogP contribution >= 0.6 is 0 Å². The number of carbonyl (C=O) groups excluding carboxylic acids is 1. The van der Waals surface area contributed by atoms with Crippen molar-refractivity contribution < 1.29 is 22.7 Å². The molecule has 0 aromatic carbocycles. The number of sulfonamides is 1. The standard InChI is InChI=1S/C17H31N5O5S/c1-11-18-19-15(27-11)22-14-10-12(28(24,25)20-17(2)6-7-17)4-5-13(14)21(16(22)23)8-9-26-3/h11-15,18-20H,4-10H2,1-3H3. The molecule has 0 aromatic heterocycles. The maximum atomic E-state index is 13.2. The van der Waals surface area contributed by atoms with Gasteiger partial charge >= 0.3 is 6.03 Å². The maximum absolute atomic E-state index is 13.2. The minimum absolute atomic E-state index is 0.0353. The molecule has 4 aliphatic rings. The van der Waals surface area contributed by atoms with Crippen LogP contribution < -0.4 is 15.6 Å². The third-order valence-electron chi connectivity index (χ3n) is 6.32. The number of nitrogens with zero attached hydrogens (tertiary/aromatic N) is 2. The van der Waals surface area contributed by atoms with E-state index in [1.807, 2.05) is 13.8 Å². The van der Waals surface area contributed by atoms with Crippen molar-refractivity contribution >= 4 is 16.1 Å². The summed E-state index contributed by atoms with van der Waals surface area (Å²) in [5.74, 6) is 0. The van der Waals surface area contributed by atoms with Gasteiger partial charge in [0.25, 0.3) is 0 Å². The average molecular weight is 418 g/mol. The van der Waals surface area contributed by atoms with Crippen molar-refractivity contribution in [1.82, 2.24) is 25.4 Å². The number of hydrogen-bond acceptors (Lipinski definition) is 7. The Labute approximate surface area is 166 Å². The molecule has 5 atom stereocenters. The number of ether oxygens (including phenoxy) is 2. The van der Waals surface area contributed by atoms with Crippen LogP contribution in [0.1, 0.15) is 46.0 Å². The van der Waals surface area contributed by atoms with Crippen molar-refractivity contribution in [3.05, 3.63) is 0 Å². The van der Waals surface area contributed by atoms with E-state index in [9.17, 15) is 13.2 Å². The molecule has 160 valence electrons. The van der Waals surface area contributed by atoms with Gasteiger partial charge in [0.05, 0.1) is 23.9 Å². The summed E-state index contributed by atoms with van der Waals surface area (Å²) < 4.78 is 39.7. The Morgan fingerprint density at radius 3 is 2.64 bits per heavy atom. The highest BCUT2D eigenvalue weighted by molar-refractivity contribution is 7.90. The predicted octanol–water partition coefficient (Wildman–Crippen LogP) is -0.114. The third kappa shape index (κ3) is 3.75. The summed E-state index contributed by atoms with van der Waals surface area (Å²) in [4.78, 5) is 16.6. The Morgan fingerprint density at radius 1 is 1.29 bits per heavy atom. The minimum Gasteiger partial charge on any atom is -0.383 e. The Morgan fingerprint density at radius 2 is 2.04 bits per heavy atom. The van der Waals surface area contributed by atoms with E-state index in [4.69, 9.17) is 9.47 Å². The summed E-state index contributed by atoms with van der Waals surface area (Å²) in [6.07, 6.45) is 2.51. The van der Waals surface area contributed by atoms with Crippen LogP contribution in [0.15, 0.2) is 0 Å². The van der Waals surface area contributed by atoms with Gasteiger partial charge < -0.3 is 14.4 Å². The second-order valence-corrected chi connectivity index (χ2v) is 10.5. The molecule has 0 spiro atoms. The molecule has 0 aromatic rings. The summed E-state index contributed by atoms with van der Waals surface area (Å²) in [6, 6.07) is -0.399. The Hall–Kier alpha value is -0.980. The van der Waals surface area contributed by atoms with Gasteiger partial charge in [0, 0.05) is 19.2 Å². The van der Waals surface area contributed by atoms with Crippen LogP contribution in [0.4, 0.5) is 4.79 Å². The predicted molar refractivity (Wildman–Crippen MR) is 101 cm³/mol. The molecular weight excluding hydrogens is 386 g/mol. The van der Waals surface area contributed by atoms with E-state index >= 15 is 0 Å². The highest BCUT2D eigenvalue weighted by atomic mass is 32.2. The van der Waals surface area contributed by atoms with Gasteiger partial charge in [-0.05, 0) is 46.0 Å². The molecule has 28 heavy (non-hydrogen) atoms. The van der Waals surface area contributed by atoms with Crippen molar-refractivity contribution in [2.75, 3.05) is 20.3 Å². The summed E-state index contributed by atoms with van der Waals surface area (Å²) in [7, 11) is -1.83. The lowest BCUT2D eigenvalue weighted by Gasteiger charge is -2.37. The second-order valence-electron chi connectivity index (χ2n) is 8.57. The highest BCUT2D eigenvalue weighted by Gasteiger charge is 2.54. The second kappa shape index (κ2) is 7.37. The summed E-state index contributed by atoms with van der Waals surface area (Å²) in [5.41, 5.74) is 5.67. The van der Waals surface area contributed by atoms with E-state index in [0.29, 0.717) is 32.4 Å². The first-order valence-corrected chi connectivity index (χ1v) is 11.6. The molecule has 2 saturated carbocycles. The molecule has 2 aliphatic heterocycles. The van der Waals surface area contributed by atoms with Gasteiger partial charge in [-0.1, -0.05) is 0 Å². The number of nitrogens with one attached hydrogen (secondary N) is 3. The third-order valence-corrected chi connectivity index (χ3v) is 8.40. The topological polar surface area (TPSA) is 112 Å². The van der Waals surface area contributed by atoms with Gasteiger partial charge in [-0.25, -0.2) is 28.8 Å². The highest BCUT2D eigenvalue weighted by Crippen LogP contribution is 2.40. The maximum Gasteiger partial charge on any atom is 0.323 e. The van der Waals surface area contributed by atoms with E-state index in [2.05, 4.69) is 15.6 Å². The van der Waals surface area contributed by atoms with Crippen molar-refractivity contribution in [3.8, 4) is 0 Å². The zero-order valence-electron chi connectivity index (χ0n) is 16.7. The number of hydrazine groups is 1. The zero-order chi connectivity index (χ0) is 20.1. The normalized spacial score (nSPS) is 37.4. The molecule has 0 radical (unpaired) electrons. The average Bonchev–Trinajstić information content (AvgIpc) is 3.08. The van der Waals surface area contributed by atoms with Crippen LogP contribution in [-0.4, -0.2) is 80.0 Å². The lowest BCUT2D eigenvalue weighted by Crippen LogP contribution is -2.54. The van der Waals surface area contributed by atoms with Crippen LogP contribution in [0.25, 0.3) is 0 Å². The van der Waals surface area contributed by atoms with Gasteiger partial charge in [0.15, 0.2) is 0 Å². The fraction of sp³-hybridized carbons (Fsp3) is 0.941. The van der Waals surface area contributed by atoms with Gasteiger partial charge in [-0.3, -0.25) is 4.90 Å². The molecule has 11 heteroatoms. The van der Waals surface area contributed by atoms with Crippen LogP contribution in [0.5, 0.6) is 0 Å². The molecule has 2 saturated heterocycles. The summed E-state index contributed by atoms with van der Waals surface area (Å²) in [6.45, 7) is 4.72. The first-order valence-electron chi connectivity index (χ1n) is 10.0. The van der Waals surface area contributed by atoms with E-state index in [1.54, 1.807) is 16.9 Å². The van der Waals surface area contributed by atoms with Crippen molar-refractivity contribution in [1.29, 1.82) is 0 Å². The first-order chi connectivity index (χ1) is 13.2. The van der Waals surface area contributed by atoms with Crippen LogP contribution in [0.3, 0.4) is 0 Å². The Balaban J connectivity index is 1.54. The SMILES string of the molecule is COCCN1C(=O)N(C2NNC(C)O2)C2CC(S(=O)(=O)NC3(C)CC3)CCC21. The smallest absolute Gasteiger partial charge is 0.323 e. The lowest BCUT2D eigenvalue weighted by molar-refractivity contribution is -0.0488. The molecule has 2 heterocycles. The van der Waals surface area contributed by atoms with Gasteiger partial charge in [0.1, 0.15) is 6.23 Å². The van der Waals surface area contributed by atoms with Crippen LogP contribution in [0, 0.1) is 0 Å². The lowest BCUT2D eigenvalue weighted by atomic mass is 9.90. The van der Waals surface area contributed by atoms with E-state index < -0.39 is 21.6 Å². The minimum atomic E-state index is -3.43. The Bertz CT molecular complexity index is 715. The van der Waals surface area contributed by atoms with Crippen molar-refractivity contribution in [3.63, 3.8) is 0 Å². The molecule has 0 bridgehead atoms. The fourth-order valence-corrected chi connectivity index (χ4v) is 6.45. The number of urea groups is 1. The summed E-state index contributed by atoms with van der Waals surface area (Å²) >= 11 is 0. The van der Waals surface area contributed by atoms with Gasteiger partial charge in [0.2, 0.25) is 16.4 Å². The number of rotatable bonds is 7. The molecule has 2 amide bonds.